The van der Waals surface area contributed by atoms with Crippen LogP contribution in [0.5, 0.6) is 5.75 Å². The van der Waals surface area contributed by atoms with Crippen LogP contribution in [0, 0.1) is 0 Å². The van der Waals surface area contributed by atoms with Crippen LogP contribution in [0.2, 0.25) is 0 Å². The molecule has 0 spiro atoms. The lowest BCUT2D eigenvalue weighted by Crippen LogP contribution is -2.37. The molecule has 0 bridgehead atoms. The number of sulfonamides is 1. The van der Waals surface area contributed by atoms with E-state index in [0.29, 0.717) is 21.6 Å². The van der Waals surface area contributed by atoms with Gasteiger partial charge in [0, 0.05) is 10.5 Å². The number of anilines is 2. The molecule has 0 aliphatic heterocycles. The predicted molar refractivity (Wildman–Crippen MR) is 107 cm³/mol. The standard InChI is InChI=1S/C18H21BrN2O4S/c1-13(2)25-15-8-6-7-14(11-15)21(26(3,23)24)12-18(22)20-17-10-5-4-9-16(17)19/h4-11,13H,12H2,1-3H3,(H,20,22). The predicted octanol–water partition coefficient (Wildman–Crippen LogP) is 3.64. The number of carbonyl (C=O) groups is 1. The Labute approximate surface area is 162 Å². The number of carbonyl (C=O) groups excluding carboxylic acids is 1. The second kappa shape index (κ2) is 8.55. The SMILES string of the molecule is CC(C)Oc1cccc(N(CC(=O)Nc2ccccc2Br)S(C)(=O)=O)c1. The van der Waals surface area contributed by atoms with Gasteiger partial charge in [0.15, 0.2) is 0 Å². The molecule has 2 rings (SSSR count). The minimum Gasteiger partial charge on any atom is -0.491 e. The molecular formula is C18H21BrN2O4S. The van der Waals surface area contributed by atoms with Crippen molar-refractivity contribution in [1.82, 2.24) is 0 Å². The lowest BCUT2D eigenvalue weighted by molar-refractivity contribution is -0.114. The molecule has 140 valence electrons. The first kappa shape index (κ1) is 20.3. The monoisotopic (exact) mass is 440 g/mol. The van der Waals surface area contributed by atoms with E-state index in [1.807, 2.05) is 19.9 Å². The van der Waals surface area contributed by atoms with E-state index in [1.165, 1.54) is 0 Å². The average Bonchev–Trinajstić information content (AvgIpc) is 2.53. The van der Waals surface area contributed by atoms with Crippen molar-refractivity contribution >= 4 is 43.2 Å². The summed E-state index contributed by atoms with van der Waals surface area (Å²) in [4.78, 5) is 12.4. The van der Waals surface area contributed by atoms with E-state index in [1.54, 1.807) is 42.5 Å². The zero-order chi connectivity index (χ0) is 19.3. The molecular weight excluding hydrogens is 420 g/mol. The molecule has 0 aliphatic rings. The second-order valence-corrected chi connectivity index (χ2v) is 8.72. The molecule has 0 fully saturated rings. The van der Waals surface area contributed by atoms with Gasteiger partial charge in [-0.1, -0.05) is 18.2 Å². The molecule has 0 atom stereocenters. The Balaban J connectivity index is 2.23. The average molecular weight is 441 g/mol. The van der Waals surface area contributed by atoms with Gasteiger partial charge in [-0.05, 0) is 54.0 Å². The molecule has 1 N–H and O–H groups in total. The van der Waals surface area contributed by atoms with Crippen molar-refractivity contribution in [1.29, 1.82) is 0 Å². The normalized spacial score (nSPS) is 11.3. The van der Waals surface area contributed by atoms with Gasteiger partial charge in [0.2, 0.25) is 15.9 Å². The smallest absolute Gasteiger partial charge is 0.245 e. The van der Waals surface area contributed by atoms with Crippen molar-refractivity contribution in [2.45, 2.75) is 20.0 Å². The Morgan fingerprint density at radius 2 is 1.88 bits per heavy atom. The van der Waals surface area contributed by atoms with Gasteiger partial charge in [-0.25, -0.2) is 8.42 Å². The third kappa shape index (κ3) is 5.74. The Morgan fingerprint density at radius 3 is 2.50 bits per heavy atom. The molecule has 2 aromatic rings. The zero-order valence-corrected chi connectivity index (χ0v) is 17.2. The van der Waals surface area contributed by atoms with Crippen molar-refractivity contribution in [3.63, 3.8) is 0 Å². The van der Waals surface area contributed by atoms with Crippen LogP contribution in [-0.4, -0.2) is 33.2 Å². The lowest BCUT2D eigenvalue weighted by atomic mass is 10.3. The molecule has 1 amide bonds. The van der Waals surface area contributed by atoms with Crippen molar-refractivity contribution in [2.75, 3.05) is 22.4 Å². The number of nitrogens with one attached hydrogen (secondary N) is 1. The number of halogens is 1. The summed E-state index contributed by atoms with van der Waals surface area (Å²) < 4.78 is 31.8. The molecule has 0 saturated heterocycles. The first-order chi connectivity index (χ1) is 12.2. The lowest BCUT2D eigenvalue weighted by Gasteiger charge is -2.23. The summed E-state index contributed by atoms with van der Waals surface area (Å²) in [6.07, 6.45) is 1.02. The van der Waals surface area contributed by atoms with Crippen molar-refractivity contribution in [2.24, 2.45) is 0 Å². The highest BCUT2D eigenvalue weighted by Gasteiger charge is 2.21. The molecule has 0 aromatic heterocycles. The van der Waals surface area contributed by atoms with Crippen LogP contribution in [0.1, 0.15) is 13.8 Å². The molecule has 2 aromatic carbocycles. The maximum Gasteiger partial charge on any atom is 0.245 e. The van der Waals surface area contributed by atoms with Crippen molar-refractivity contribution in [3.05, 3.63) is 53.0 Å². The van der Waals surface area contributed by atoms with E-state index < -0.39 is 15.9 Å². The summed E-state index contributed by atoms with van der Waals surface area (Å²) >= 11 is 3.34. The van der Waals surface area contributed by atoms with Crippen LogP contribution >= 0.6 is 15.9 Å². The Morgan fingerprint density at radius 1 is 1.19 bits per heavy atom. The number of amides is 1. The molecule has 0 unspecified atom stereocenters. The number of ether oxygens (including phenoxy) is 1. The van der Waals surface area contributed by atoms with Gasteiger partial charge in [-0.3, -0.25) is 9.10 Å². The second-order valence-electron chi connectivity index (χ2n) is 5.96. The summed E-state index contributed by atoms with van der Waals surface area (Å²) in [5.74, 6) is 0.0925. The third-order valence-electron chi connectivity index (χ3n) is 3.31. The zero-order valence-electron chi connectivity index (χ0n) is 14.8. The van der Waals surface area contributed by atoms with Crippen LogP contribution < -0.4 is 14.4 Å². The van der Waals surface area contributed by atoms with E-state index in [2.05, 4.69) is 21.2 Å². The van der Waals surface area contributed by atoms with Crippen LogP contribution in [0.15, 0.2) is 53.0 Å². The maximum absolute atomic E-state index is 12.4. The highest BCUT2D eigenvalue weighted by molar-refractivity contribution is 9.10. The van der Waals surface area contributed by atoms with Gasteiger partial charge in [-0.15, -0.1) is 0 Å². The highest BCUT2D eigenvalue weighted by Crippen LogP contribution is 2.25. The van der Waals surface area contributed by atoms with Gasteiger partial charge in [0.05, 0.1) is 23.7 Å². The largest absolute Gasteiger partial charge is 0.491 e. The topological polar surface area (TPSA) is 75.7 Å². The number of hydrogen-bond acceptors (Lipinski definition) is 4. The summed E-state index contributed by atoms with van der Waals surface area (Å²) in [5.41, 5.74) is 0.941. The molecule has 0 heterocycles. The summed E-state index contributed by atoms with van der Waals surface area (Å²) in [5, 5.41) is 2.71. The van der Waals surface area contributed by atoms with Gasteiger partial charge < -0.3 is 10.1 Å². The summed E-state index contributed by atoms with van der Waals surface area (Å²) in [7, 11) is -3.66. The van der Waals surface area contributed by atoms with Crippen LogP contribution in [-0.2, 0) is 14.8 Å². The molecule has 0 radical (unpaired) electrons. The first-order valence-corrected chi connectivity index (χ1v) is 10.6. The summed E-state index contributed by atoms with van der Waals surface area (Å²) in [6, 6.07) is 13.8. The van der Waals surface area contributed by atoms with Gasteiger partial charge in [-0.2, -0.15) is 0 Å². The fraction of sp³-hybridized carbons (Fsp3) is 0.278. The van der Waals surface area contributed by atoms with Crippen molar-refractivity contribution in [3.8, 4) is 5.75 Å². The van der Waals surface area contributed by atoms with E-state index in [9.17, 15) is 13.2 Å². The minimum absolute atomic E-state index is 0.0457. The Bertz CT molecular complexity index is 884. The molecule has 0 saturated carbocycles. The number of para-hydroxylation sites is 1. The Kier molecular flexibility index (Phi) is 6.66. The van der Waals surface area contributed by atoms with Crippen molar-refractivity contribution < 1.29 is 17.9 Å². The summed E-state index contributed by atoms with van der Waals surface area (Å²) in [6.45, 7) is 3.42. The third-order valence-corrected chi connectivity index (χ3v) is 5.14. The van der Waals surface area contributed by atoms with Crippen LogP contribution in [0.25, 0.3) is 0 Å². The molecule has 6 nitrogen and oxygen atoms in total. The first-order valence-electron chi connectivity index (χ1n) is 7.95. The number of nitrogens with zero attached hydrogens (tertiary/aromatic N) is 1. The fourth-order valence-electron chi connectivity index (χ4n) is 2.27. The Hall–Kier alpha value is -2.06. The van der Waals surface area contributed by atoms with E-state index in [-0.39, 0.29) is 12.6 Å². The maximum atomic E-state index is 12.4. The quantitative estimate of drug-likeness (QED) is 0.712. The van der Waals surface area contributed by atoms with Crippen LogP contribution in [0.4, 0.5) is 11.4 Å². The highest BCUT2D eigenvalue weighted by atomic mass is 79.9. The van der Waals surface area contributed by atoms with Crippen LogP contribution in [0.3, 0.4) is 0 Å². The molecule has 8 heteroatoms. The minimum atomic E-state index is -3.66. The molecule has 26 heavy (non-hydrogen) atoms. The van der Waals surface area contributed by atoms with E-state index in [4.69, 9.17) is 4.74 Å². The number of hydrogen-bond donors (Lipinski definition) is 1. The fourth-order valence-corrected chi connectivity index (χ4v) is 3.50. The number of rotatable bonds is 7. The molecule has 0 aliphatic carbocycles. The van der Waals surface area contributed by atoms with E-state index >= 15 is 0 Å². The van der Waals surface area contributed by atoms with Gasteiger partial charge >= 0.3 is 0 Å². The van der Waals surface area contributed by atoms with E-state index in [0.717, 1.165) is 10.6 Å². The van der Waals surface area contributed by atoms with Gasteiger partial charge in [0.1, 0.15) is 12.3 Å². The number of benzene rings is 2. The van der Waals surface area contributed by atoms with Gasteiger partial charge in [0.25, 0.3) is 0 Å².